The van der Waals surface area contributed by atoms with E-state index in [9.17, 15) is 4.79 Å². The molecular formula is C24H22ClN5O. The summed E-state index contributed by atoms with van der Waals surface area (Å²) in [6.07, 6.45) is 6.08. The highest BCUT2D eigenvalue weighted by Crippen LogP contribution is 2.29. The maximum Gasteiger partial charge on any atom is 0.271 e. The van der Waals surface area contributed by atoms with Crippen LogP contribution in [0.3, 0.4) is 0 Å². The Balaban J connectivity index is 1.36. The summed E-state index contributed by atoms with van der Waals surface area (Å²) in [4.78, 5) is 16.2. The van der Waals surface area contributed by atoms with E-state index in [1.54, 1.807) is 10.9 Å². The van der Waals surface area contributed by atoms with Crippen molar-refractivity contribution >= 4 is 34.6 Å². The van der Waals surface area contributed by atoms with E-state index in [0.717, 1.165) is 35.1 Å². The van der Waals surface area contributed by atoms with Gasteiger partial charge in [0.15, 0.2) is 0 Å². The first-order valence-corrected chi connectivity index (χ1v) is 10.8. The molecule has 2 N–H and O–H groups in total. The fraction of sp³-hybridized carbons (Fsp3) is 0.208. The zero-order valence-electron chi connectivity index (χ0n) is 17.2. The molecule has 6 nitrogen and oxygen atoms in total. The highest BCUT2D eigenvalue weighted by molar-refractivity contribution is 6.32. The average Bonchev–Trinajstić information content (AvgIpc) is 3.31. The van der Waals surface area contributed by atoms with E-state index >= 15 is 0 Å². The number of halogens is 1. The number of aryl methyl sites for hydroxylation is 3. The van der Waals surface area contributed by atoms with Crippen LogP contribution in [0.15, 0.2) is 53.6 Å². The molecule has 4 aromatic rings. The maximum absolute atomic E-state index is 12.7. The number of carbonyl (C=O) groups is 1. The standard InChI is InChI=1S/C24H22ClN5O/c1-15-20(23(25)30(29-15)17-7-3-2-4-8-17)14-26-28-24(31)16-11-12-22-19(13-16)18-9-5-6-10-21(18)27-22/h2-4,7-8,11-14,27H,5-6,9-10H2,1H3,(H,28,31)/b26-14+. The molecule has 0 unspecified atom stereocenters. The van der Waals surface area contributed by atoms with Crippen molar-refractivity contribution in [2.24, 2.45) is 5.10 Å². The number of hydrazone groups is 1. The summed E-state index contributed by atoms with van der Waals surface area (Å²) in [5, 5.41) is 10.2. The van der Waals surface area contributed by atoms with Crippen LogP contribution in [0.25, 0.3) is 16.6 Å². The number of aromatic nitrogens is 3. The second-order valence-corrected chi connectivity index (χ2v) is 8.14. The zero-order chi connectivity index (χ0) is 21.4. The summed E-state index contributed by atoms with van der Waals surface area (Å²) in [5.74, 6) is -0.256. The first-order valence-electron chi connectivity index (χ1n) is 10.4. The number of amides is 1. The van der Waals surface area contributed by atoms with Gasteiger partial charge in [0.2, 0.25) is 0 Å². The van der Waals surface area contributed by atoms with E-state index in [1.807, 2.05) is 55.5 Å². The van der Waals surface area contributed by atoms with Crippen molar-refractivity contribution in [2.75, 3.05) is 0 Å². The van der Waals surface area contributed by atoms with Crippen molar-refractivity contribution in [1.82, 2.24) is 20.2 Å². The summed E-state index contributed by atoms with van der Waals surface area (Å²) in [6.45, 7) is 1.86. The molecule has 2 aromatic carbocycles. The summed E-state index contributed by atoms with van der Waals surface area (Å²) in [6, 6.07) is 15.4. The van der Waals surface area contributed by atoms with Crippen molar-refractivity contribution in [2.45, 2.75) is 32.6 Å². The molecule has 0 aliphatic heterocycles. The number of para-hydroxylation sites is 1. The Labute approximate surface area is 184 Å². The monoisotopic (exact) mass is 431 g/mol. The van der Waals surface area contributed by atoms with Gasteiger partial charge in [-0.15, -0.1) is 0 Å². The molecule has 1 aliphatic rings. The van der Waals surface area contributed by atoms with Gasteiger partial charge in [-0.25, -0.2) is 10.1 Å². The molecule has 0 radical (unpaired) electrons. The molecule has 1 amide bonds. The molecule has 0 saturated heterocycles. The largest absolute Gasteiger partial charge is 0.358 e. The smallest absolute Gasteiger partial charge is 0.271 e. The van der Waals surface area contributed by atoms with Crippen LogP contribution in [0.5, 0.6) is 0 Å². The van der Waals surface area contributed by atoms with Gasteiger partial charge in [-0.05, 0) is 68.5 Å². The number of nitrogens with zero attached hydrogens (tertiary/aromatic N) is 3. The number of benzene rings is 2. The first kappa shape index (κ1) is 19.6. The molecule has 2 heterocycles. The lowest BCUT2D eigenvalue weighted by Gasteiger charge is -2.10. The highest BCUT2D eigenvalue weighted by atomic mass is 35.5. The SMILES string of the molecule is Cc1nn(-c2ccccc2)c(Cl)c1/C=N/NC(=O)c1ccc2[nH]c3c(c2c1)CCCC3. The van der Waals surface area contributed by atoms with E-state index in [0.29, 0.717) is 16.3 Å². The molecule has 7 heteroatoms. The molecule has 0 fully saturated rings. The van der Waals surface area contributed by atoms with Crippen molar-refractivity contribution in [3.63, 3.8) is 0 Å². The van der Waals surface area contributed by atoms with Crippen LogP contribution in [0.1, 0.15) is 45.7 Å². The predicted octanol–water partition coefficient (Wildman–Crippen LogP) is 4.96. The van der Waals surface area contributed by atoms with Crippen LogP contribution in [-0.4, -0.2) is 26.9 Å². The van der Waals surface area contributed by atoms with E-state index in [2.05, 4.69) is 20.6 Å². The topological polar surface area (TPSA) is 75.1 Å². The molecule has 1 aliphatic carbocycles. The van der Waals surface area contributed by atoms with Gasteiger partial charge in [0.1, 0.15) is 5.15 Å². The Hall–Kier alpha value is -3.38. The lowest BCUT2D eigenvalue weighted by molar-refractivity contribution is 0.0955. The average molecular weight is 432 g/mol. The minimum atomic E-state index is -0.256. The molecule has 2 aromatic heterocycles. The predicted molar refractivity (Wildman–Crippen MR) is 123 cm³/mol. The Bertz CT molecular complexity index is 1300. The van der Waals surface area contributed by atoms with Crippen LogP contribution in [0, 0.1) is 6.92 Å². The van der Waals surface area contributed by atoms with Gasteiger partial charge in [-0.2, -0.15) is 10.2 Å². The van der Waals surface area contributed by atoms with Gasteiger partial charge in [0.05, 0.1) is 23.2 Å². The third-order valence-electron chi connectivity index (χ3n) is 5.77. The van der Waals surface area contributed by atoms with Crippen molar-refractivity contribution in [1.29, 1.82) is 0 Å². The Morgan fingerprint density at radius 1 is 1.19 bits per heavy atom. The summed E-state index contributed by atoms with van der Waals surface area (Å²) >= 11 is 6.51. The van der Waals surface area contributed by atoms with E-state index in [4.69, 9.17) is 11.6 Å². The number of hydrogen-bond donors (Lipinski definition) is 2. The number of hydrogen-bond acceptors (Lipinski definition) is 3. The molecule has 5 rings (SSSR count). The number of carbonyl (C=O) groups excluding carboxylic acids is 1. The van der Waals surface area contributed by atoms with Gasteiger partial charge >= 0.3 is 0 Å². The molecule has 31 heavy (non-hydrogen) atoms. The van der Waals surface area contributed by atoms with E-state index < -0.39 is 0 Å². The lowest BCUT2D eigenvalue weighted by atomic mass is 9.95. The third-order valence-corrected chi connectivity index (χ3v) is 6.13. The van der Waals surface area contributed by atoms with Crippen LogP contribution in [0.4, 0.5) is 0 Å². The number of aromatic amines is 1. The van der Waals surface area contributed by atoms with Gasteiger partial charge in [0, 0.05) is 22.2 Å². The fourth-order valence-corrected chi connectivity index (χ4v) is 4.49. The molecule has 0 spiro atoms. The second-order valence-electron chi connectivity index (χ2n) is 7.79. The fourth-order valence-electron chi connectivity index (χ4n) is 4.17. The summed E-state index contributed by atoms with van der Waals surface area (Å²) in [5.41, 5.74) is 9.19. The molecule has 0 atom stereocenters. The van der Waals surface area contributed by atoms with Crippen LogP contribution in [0.2, 0.25) is 5.15 Å². The van der Waals surface area contributed by atoms with Gasteiger partial charge < -0.3 is 4.98 Å². The number of nitrogens with one attached hydrogen (secondary N) is 2. The first-order chi connectivity index (χ1) is 15.1. The Kier molecular flexibility index (Phi) is 5.08. The normalized spacial score (nSPS) is 13.6. The molecular weight excluding hydrogens is 410 g/mol. The van der Waals surface area contributed by atoms with Gasteiger partial charge in [-0.3, -0.25) is 4.79 Å². The highest BCUT2D eigenvalue weighted by Gasteiger charge is 2.17. The van der Waals surface area contributed by atoms with Gasteiger partial charge in [-0.1, -0.05) is 29.8 Å². The van der Waals surface area contributed by atoms with Gasteiger partial charge in [0.25, 0.3) is 5.91 Å². The number of H-pyrrole nitrogens is 1. The molecule has 0 saturated carbocycles. The Morgan fingerprint density at radius 2 is 2.00 bits per heavy atom. The maximum atomic E-state index is 12.7. The van der Waals surface area contributed by atoms with E-state index in [1.165, 1.54) is 24.1 Å². The van der Waals surface area contributed by atoms with E-state index in [-0.39, 0.29) is 5.91 Å². The number of rotatable bonds is 4. The Morgan fingerprint density at radius 3 is 2.84 bits per heavy atom. The minimum Gasteiger partial charge on any atom is -0.358 e. The van der Waals surface area contributed by atoms with Crippen molar-refractivity contribution in [3.05, 3.63) is 81.8 Å². The summed E-state index contributed by atoms with van der Waals surface area (Å²) in [7, 11) is 0. The van der Waals surface area contributed by atoms with Crippen molar-refractivity contribution in [3.8, 4) is 5.69 Å². The minimum absolute atomic E-state index is 0.256. The van der Waals surface area contributed by atoms with Crippen LogP contribution >= 0.6 is 11.6 Å². The molecule has 0 bridgehead atoms. The summed E-state index contributed by atoms with van der Waals surface area (Å²) < 4.78 is 1.66. The van der Waals surface area contributed by atoms with Crippen LogP contribution < -0.4 is 5.43 Å². The van der Waals surface area contributed by atoms with Crippen molar-refractivity contribution < 1.29 is 4.79 Å². The quantitative estimate of drug-likeness (QED) is 0.354. The zero-order valence-corrected chi connectivity index (χ0v) is 17.9. The lowest BCUT2D eigenvalue weighted by Crippen LogP contribution is -2.17. The second kappa shape index (κ2) is 8.04. The van der Waals surface area contributed by atoms with Crippen LogP contribution in [-0.2, 0) is 12.8 Å². The third kappa shape index (κ3) is 3.64. The number of fused-ring (bicyclic) bond motifs is 3. The molecule has 156 valence electrons.